The highest BCUT2D eigenvalue weighted by Gasteiger charge is 2.35. The first kappa shape index (κ1) is 22.9. The van der Waals surface area contributed by atoms with Gasteiger partial charge in [-0.25, -0.2) is 0 Å². The van der Waals surface area contributed by atoms with Crippen LogP contribution in [-0.2, 0) is 9.47 Å². The lowest BCUT2D eigenvalue weighted by molar-refractivity contribution is 0.127. The average Bonchev–Trinajstić information content (AvgIpc) is 3.24. The second-order valence-corrected chi connectivity index (χ2v) is 7.51. The summed E-state index contributed by atoms with van der Waals surface area (Å²) in [5.74, 6) is 0.850. The largest absolute Gasteiger partial charge is 0.396 e. The first-order chi connectivity index (χ1) is 11.7. The Morgan fingerprint density at radius 1 is 1.12 bits per heavy atom. The summed E-state index contributed by atoms with van der Waals surface area (Å²) in [7, 11) is 3.59. The van der Waals surface area contributed by atoms with Gasteiger partial charge in [0.25, 0.3) is 0 Å². The van der Waals surface area contributed by atoms with Crippen LogP contribution in [0.4, 0.5) is 0 Å². The molecule has 0 aromatic heterocycles. The van der Waals surface area contributed by atoms with Crippen molar-refractivity contribution in [1.82, 2.24) is 10.6 Å². The molecule has 2 rings (SSSR count). The normalized spacial score (nSPS) is 25.6. The molecule has 0 aromatic rings. The number of aliphatic hydroxyl groups is 1. The number of methoxy groups -OCH3 is 1. The van der Waals surface area contributed by atoms with Crippen LogP contribution >= 0.6 is 24.0 Å². The van der Waals surface area contributed by atoms with Gasteiger partial charge in [0.1, 0.15) is 0 Å². The highest BCUT2D eigenvalue weighted by atomic mass is 127. The molecule has 0 bridgehead atoms. The fourth-order valence-corrected chi connectivity index (χ4v) is 4.03. The number of hydrogen-bond donors (Lipinski definition) is 3. The van der Waals surface area contributed by atoms with Gasteiger partial charge in [-0.2, -0.15) is 0 Å². The summed E-state index contributed by atoms with van der Waals surface area (Å²) in [6.45, 7) is 4.27. The molecule has 1 saturated carbocycles. The maximum atomic E-state index is 9.34. The van der Waals surface area contributed by atoms with E-state index in [0.29, 0.717) is 5.41 Å². The van der Waals surface area contributed by atoms with Crippen LogP contribution < -0.4 is 10.6 Å². The maximum absolute atomic E-state index is 9.34. The molecule has 148 valence electrons. The molecule has 1 saturated heterocycles. The topological polar surface area (TPSA) is 75.1 Å². The Kier molecular flexibility index (Phi) is 10.6. The minimum atomic E-state index is 0. The molecule has 1 unspecified atom stereocenters. The van der Waals surface area contributed by atoms with Gasteiger partial charge in [0.05, 0.1) is 6.61 Å². The minimum Gasteiger partial charge on any atom is -0.396 e. The molecule has 1 aliphatic carbocycles. The molecule has 1 aliphatic heterocycles. The summed E-state index contributed by atoms with van der Waals surface area (Å²) in [6.07, 6.45) is 8.04. The van der Waals surface area contributed by atoms with E-state index in [1.807, 2.05) is 7.05 Å². The molecule has 2 fully saturated rings. The van der Waals surface area contributed by atoms with Crippen LogP contribution in [0.2, 0.25) is 0 Å². The molecule has 3 N–H and O–H groups in total. The molecule has 6 nitrogen and oxygen atoms in total. The van der Waals surface area contributed by atoms with Crippen molar-refractivity contribution in [3.05, 3.63) is 0 Å². The van der Waals surface area contributed by atoms with Gasteiger partial charge in [-0.15, -0.1) is 24.0 Å². The summed E-state index contributed by atoms with van der Waals surface area (Å²) < 4.78 is 10.9. The van der Waals surface area contributed by atoms with Crippen LogP contribution in [0.3, 0.4) is 0 Å². The number of halogens is 1. The van der Waals surface area contributed by atoms with E-state index < -0.39 is 0 Å². The smallest absolute Gasteiger partial charge is 0.191 e. The van der Waals surface area contributed by atoms with Crippen molar-refractivity contribution in [2.45, 2.75) is 44.9 Å². The summed E-state index contributed by atoms with van der Waals surface area (Å²) in [4.78, 5) is 4.37. The van der Waals surface area contributed by atoms with E-state index in [1.165, 1.54) is 25.7 Å². The number of aliphatic imine (C=N–C) groups is 1. The molecule has 0 aromatic carbocycles. The monoisotopic (exact) mass is 469 g/mol. The summed E-state index contributed by atoms with van der Waals surface area (Å²) in [6, 6.07) is 0. The minimum absolute atomic E-state index is 0. The van der Waals surface area contributed by atoms with Crippen LogP contribution in [0.1, 0.15) is 44.9 Å². The Bertz CT molecular complexity index is 395. The fraction of sp³-hybridized carbons (Fsp3) is 0.944. The lowest BCUT2D eigenvalue weighted by Gasteiger charge is -2.31. The van der Waals surface area contributed by atoms with E-state index in [4.69, 9.17) is 9.47 Å². The van der Waals surface area contributed by atoms with E-state index in [0.717, 1.165) is 58.1 Å². The third-order valence-corrected chi connectivity index (χ3v) is 5.81. The van der Waals surface area contributed by atoms with Crippen molar-refractivity contribution in [2.75, 3.05) is 53.7 Å². The quantitative estimate of drug-likeness (QED) is 0.274. The third kappa shape index (κ3) is 6.84. The van der Waals surface area contributed by atoms with E-state index in [-0.39, 0.29) is 36.0 Å². The van der Waals surface area contributed by atoms with Gasteiger partial charge in [0.2, 0.25) is 0 Å². The van der Waals surface area contributed by atoms with E-state index in [9.17, 15) is 5.11 Å². The molecule has 25 heavy (non-hydrogen) atoms. The van der Waals surface area contributed by atoms with E-state index in [1.54, 1.807) is 7.11 Å². The average molecular weight is 469 g/mol. The Balaban J connectivity index is 0.00000312. The molecule has 2 aliphatic rings. The Labute approximate surface area is 169 Å². The highest BCUT2D eigenvalue weighted by Crippen LogP contribution is 2.40. The molecular weight excluding hydrogens is 433 g/mol. The van der Waals surface area contributed by atoms with Gasteiger partial charge in [-0.1, -0.05) is 12.8 Å². The van der Waals surface area contributed by atoms with Crippen LogP contribution in [0.25, 0.3) is 0 Å². The van der Waals surface area contributed by atoms with Crippen LogP contribution in [0, 0.1) is 10.8 Å². The Hall–Kier alpha value is -0.120. The molecule has 0 radical (unpaired) electrons. The number of nitrogens with zero attached hydrogens (tertiary/aromatic N) is 1. The zero-order chi connectivity index (χ0) is 17.3. The van der Waals surface area contributed by atoms with Crippen LogP contribution in [0.15, 0.2) is 4.99 Å². The third-order valence-electron chi connectivity index (χ3n) is 5.81. The predicted molar refractivity (Wildman–Crippen MR) is 112 cm³/mol. The molecule has 1 heterocycles. The first-order valence-corrected chi connectivity index (χ1v) is 9.30. The first-order valence-electron chi connectivity index (χ1n) is 9.30. The number of ether oxygens (including phenoxy) is 2. The van der Waals surface area contributed by atoms with Gasteiger partial charge >= 0.3 is 0 Å². The number of rotatable bonds is 9. The van der Waals surface area contributed by atoms with Crippen molar-refractivity contribution in [2.24, 2.45) is 15.8 Å². The van der Waals surface area contributed by atoms with Gasteiger partial charge in [0.15, 0.2) is 5.96 Å². The standard InChI is InChI=1S/C18H35N3O3.HI/c1-19-16(21-14-18(7-10-22)9-12-24-15-18)20-13-17(8-11-23-2)5-3-4-6-17;/h22H,3-15H2,1-2H3,(H2,19,20,21);1H. The second-order valence-electron chi connectivity index (χ2n) is 7.51. The van der Waals surface area contributed by atoms with Crippen molar-refractivity contribution in [1.29, 1.82) is 0 Å². The van der Waals surface area contributed by atoms with Crippen LogP contribution in [0.5, 0.6) is 0 Å². The number of nitrogens with one attached hydrogen (secondary N) is 2. The van der Waals surface area contributed by atoms with Crippen molar-refractivity contribution in [3.63, 3.8) is 0 Å². The highest BCUT2D eigenvalue weighted by molar-refractivity contribution is 14.0. The lowest BCUT2D eigenvalue weighted by atomic mass is 9.83. The number of hydrogen-bond acceptors (Lipinski definition) is 4. The predicted octanol–water partition coefficient (Wildman–Crippen LogP) is 2.16. The lowest BCUT2D eigenvalue weighted by Crippen LogP contribution is -2.47. The zero-order valence-electron chi connectivity index (χ0n) is 15.8. The molecule has 0 amide bonds. The van der Waals surface area contributed by atoms with Crippen molar-refractivity contribution >= 4 is 29.9 Å². The molecule has 1 atom stereocenters. The second kappa shape index (κ2) is 11.6. The van der Waals surface area contributed by atoms with Gasteiger partial charge < -0.3 is 25.2 Å². The van der Waals surface area contributed by atoms with Crippen molar-refractivity contribution in [3.8, 4) is 0 Å². The van der Waals surface area contributed by atoms with Gasteiger partial charge in [-0.3, -0.25) is 4.99 Å². The summed E-state index contributed by atoms with van der Waals surface area (Å²) in [5.41, 5.74) is 0.375. The van der Waals surface area contributed by atoms with E-state index >= 15 is 0 Å². The maximum Gasteiger partial charge on any atom is 0.191 e. The molecule has 0 spiro atoms. The van der Waals surface area contributed by atoms with Gasteiger partial charge in [-0.05, 0) is 37.5 Å². The van der Waals surface area contributed by atoms with Crippen molar-refractivity contribution < 1.29 is 14.6 Å². The number of guanidine groups is 1. The molecular formula is C18H36IN3O3. The molecule has 7 heteroatoms. The van der Waals surface area contributed by atoms with Crippen LogP contribution in [-0.4, -0.2) is 64.7 Å². The Morgan fingerprint density at radius 3 is 2.32 bits per heavy atom. The summed E-state index contributed by atoms with van der Waals surface area (Å²) in [5, 5.41) is 16.3. The summed E-state index contributed by atoms with van der Waals surface area (Å²) >= 11 is 0. The Morgan fingerprint density at radius 2 is 1.80 bits per heavy atom. The van der Waals surface area contributed by atoms with Gasteiger partial charge in [0, 0.05) is 52.5 Å². The SMILES string of the molecule is CN=C(NCC1(CCOC)CCCC1)NCC1(CCO)CCOC1.I. The number of aliphatic hydroxyl groups excluding tert-OH is 1. The van der Waals surface area contributed by atoms with E-state index in [2.05, 4.69) is 15.6 Å². The zero-order valence-corrected chi connectivity index (χ0v) is 18.1. The fourth-order valence-electron chi connectivity index (χ4n) is 4.03.